The first-order valence-electron chi connectivity index (χ1n) is 10.4. The minimum absolute atomic E-state index is 0. The first kappa shape index (κ1) is 29.0. The Morgan fingerprint density at radius 3 is 2.44 bits per heavy atom. The molecule has 0 atom stereocenters. The van der Waals surface area contributed by atoms with Gasteiger partial charge < -0.3 is 20.3 Å². The molecule has 2 N–H and O–H groups in total. The van der Waals surface area contributed by atoms with Crippen LogP contribution in [0, 0.1) is 0 Å². The number of sulfone groups is 1. The van der Waals surface area contributed by atoms with Gasteiger partial charge in [0.1, 0.15) is 18.2 Å². The zero-order valence-electron chi connectivity index (χ0n) is 19.7. The van der Waals surface area contributed by atoms with Crippen molar-refractivity contribution in [1.29, 1.82) is 0 Å². The van der Waals surface area contributed by atoms with E-state index in [9.17, 15) is 18.0 Å². The molecule has 2 aromatic heterocycles. The Balaban J connectivity index is 0.00000456. The van der Waals surface area contributed by atoms with E-state index in [1.807, 2.05) is 19.0 Å². The molecule has 2 heterocycles. The number of carbonyl (C=O) groups is 2. The van der Waals surface area contributed by atoms with Crippen LogP contribution in [-0.2, 0) is 9.84 Å². The van der Waals surface area contributed by atoms with E-state index in [4.69, 9.17) is 16.3 Å². The van der Waals surface area contributed by atoms with Gasteiger partial charge in [-0.25, -0.2) is 18.4 Å². The van der Waals surface area contributed by atoms with Crippen LogP contribution in [0.25, 0.3) is 0 Å². The summed E-state index contributed by atoms with van der Waals surface area (Å²) in [5.41, 5.74) is 0.210. The molecule has 3 rings (SSSR count). The summed E-state index contributed by atoms with van der Waals surface area (Å²) in [5.74, 6) is -0.829. The monoisotopic (exact) mass is 553 g/mol. The standard InChI is InChI=1S/C23H24ClN5O5S.ClH/c1-29(2)11-12-34-19-13-16(35(3,32)33)7-8-17(19)22(30)27-18-5-4-10-25-21(18)23(31)28-20-9-6-15(24)14-26-20;/h4-10,13-14H,11-12H2,1-3H3,(H,27,30)(H,26,28,31);1H. The third kappa shape index (κ3) is 7.89. The molecule has 1 aromatic carbocycles. The third-order valence-corrected chi connectivity index (χ3v) is 6.00. The van der Waals surface area contributed by atoms with Crippen LogP contribution in [0.15, 0.2) is 59.8 Å². The second kappa shape index (κ2) is 12.6. The zero-order valence-corrected chi connectivity index (χ0v) is 22.1. The number of hydrogen-bond acceptors (Lipinski definition) is 8. The normalized spacial score (nSPS) is 10.9. The van der Waals surface area contributed by atoms with Crippen molar-refractivity contribution in [2.75, 3.05) is 44.1 Å². The molecule has 0 saturated heterocycles. The topological polar surface area (TPSA) is 131 Å². The first-order valence-corrected chi connectivity index (χ1v) is 12.6. The second-order valence-corrected chi connectivity index (χ2v) is 10.2. The fourth-order valence-electron chi connectivity index (χ4n) is 2.88. The van der Waals surface area contributed by atoms with Gasteiger partial charge in [0.05, 0.1) is 21.2 Å². The number of anilines is 2. The number of benzene rings is 1. The SMILES string of the molecule is CN(C)CCOc1cc(S(C)(=O)=O)ccc1C(=O)Nc1cccnc1C(=O)Nc1ccc(Cl)cn1.Cl. The number of nitrogens with one attached hydrogen (secondary N) is 2. The number of halogens is 2. The maximum Gasteiger partial charge on any atom is 0.277 e. The smallest absolute Gasteiger partial charge is 0.277 e. The molecule has 0 aliphatic carbocycles. The molecule has 0 radical (unpaired) electrons. The maximum atomic E-state index is 13.1. The van der Waals surface area contributed by atoms with E-state index in [2.05, 4.69) is 20.6 Å². The van der Waals surface area contributed by atoms with Crippen molar-refractivity contribution in [1.82, 2.24) is 14.9 Å². The van der Waals surface area contributed by atoms with E-state index in [-0.39, 0.29) is 52.4 Å². The molecule has 10 nitrogen and oxygen atoms in total. The summed E-state index contributed by atoms with van der Waals surface area (Å²) in [7, 11) is 0.201. The van der Waals surface area contributed by atoms with Crippen LogP contribution >= 0.6 is 24.0 Å². The van der Waals surface area contributed by atoms with Crippen LogP contribution < -0.4 is 15.4 Å². The predicted octanol–water partition coefficient (Wildman–Crippen LogP) is 3.40. The van der Waals surface area contributed by atoms with Crippen molar-refractivity contribution in [3.63, 3.8) is 0 Å². The number of aromatic nitrogens is 2. The van der Waals surface area contributed by atoms with Gasteiger partial charge in [-0.1, -0.05) is 11.6 Å². The van der Waals surface area contributed by atoms with Gasteiger partial charge in [0.25, 0.3) is 11.8 Å². The molecule has 13 heteroatoms. The van der Waals surface area contributed by atoms with Crippen molar-refractivity contribution >= 4 is 57.2 Å². The number of ether oxygens (including phenoxy) is 1. The molecule has 0 aliphatic rings. The largest absolute Gasteiger partial charge is 0.491 e. The van der Waals surface area contributed by atoms with Crippen molar-refractivity contribution in [2.45, 2.75) is 4.90 Å². The van der Waals surface area contributed by atoms with Crippen LogP contribution in [0.3, 0.4) is 0 Å². The molecule has 2 amide bonds. The average molecular weight is 554 g/mol. The lowest BCUT2D eigenvalue weighted by molar-refractivity contribution is 0.102. The van der Waals surface area contributed by atoms with Crippen LogP contribution in [0.2, 0.25) is 5.02 Å². The minimum atomic E-state index is -3.52. The zero-order chi connectivity index (χ0) is 25.6. The lowest BCUT2D eigenvalue weighted by atomic mass is 10.1. The van der Waals surface area contributed by atoms with Gasteiger partial charge in [0, 0.05) is 25.2 Å². The van der Waals surface area contributed by atoms with Gasteiger partial charge in [-0.3, -0.25) is 9.59 Å². The molecule has 0 unspecified atom stereocenters. The van der Waals surface area contributed by atoms with E-state index in [0.29, 0.717) is 11.6 Å². The molecular weight excluding hydrogens is 529 g/mol. The summed E-state index contributed by atoms with van der Waals surface area (Å²) in [4.78, 5) is 35.9. The van der Waals surface area contributed by atoms with Gasteiger partial charge in [-0.05, 0) is 56.6 Å². The Kier molecular flexibility index (Phi) is 10.2. The highest BCUT2D eigenvalue weighted by atomic mass is 35.5. The Morgan fingerprint density at radius 2 is 1.81 bits per heavy atom. The Hall–Kier alpha value is -3.25. The van der Waals surface area contributed by atoms with Crippen LogP contribution in [-0.4, -0.2) is 68.6 Å². The highest BCUT2D eigenvalue weighted by Gasteiger charge is 2.20. The summed E-state index contributed by atoms with van der Waals surface area (Å²) in [6, 6.07) is 10.2. The molecule has 0 bridgehead atoms. The van der Waals surface area contributed by atoms with Crippen molar-refractivity contribution in [3.8, 4) is 5.75 Å². The van der Waals surface area contributed by atoms with E-state index in [0.717, 1.165) is 6.26 Å². The Morgan fingerprint density at radius 1 is 1.06 bits per heavy atom. The summed E-state index contributed by atoms with van der Waals surface area (Å²) < 4.78 is 29.7. The lowest BCUT2D eigenvalue weighted by Crippen LogP contribution is -2.22. The highest BCUT2D eigenvalue weighted by molar-refractivity contribution is 7.90. The summed E-state index contributed by atoms with van der Waals surface area (Å²) in [6.07, 6.45) is 3.87. The Bertz CT molecular complexity index is 1330. The molecule has 3 aromatic rings. The number of likely N-dealkylation sites (N-methyl/N-ethyl adjacent to an activating group) is 1. The fourth-order valence-corrected chi connectivity index (χ4v) is 3.63. The van der Waals surface area contributed by atoms with E-state index < -0.39 is 21.7 Å². The van der Waals surface area contributed by atoms with Crippen molar-refractivity contribution < 1.29 is 22.7 Å². The lowest BCUT2D eigenvalue weighted by Gasteiger charge is -2.16. The molecule has 0 spiro atoms. The van der Waals surface area contributed by atoms with Gasteiger partial charge in [-0.2, -0.15) is 0 Å². The van der Waals surface area contributed by atoms with E-state index in [1.165, 1.54) is 42.7 Å². The number of hydrogen-bond donors (Lipinski definition) is 2. The van der Waals surface area contributed by atoms with Gasteiger partial charge in [-0.15, -0.1) is 12.4 Å². The summed E-state index contributed by atoms with van der Waals surface area (Å²) >= 11 is 5.82. The van der Waals surface area contributed by atoms with Crippen molar-refractivity contribution in [3.05, 3.63) is 71.1 Å². The average Bonchev–Trinajstić information content (AvgIpc) is 2.80. The molecule has 36 heavy (non-hydrogen) atoms. The van der Waals surface area contributed by atoms with Gasteiger partial charge in [0.2, 0.25) is 0 Å². The molecule has 0 fully saturated rings. The molecule has 0 saturated carbocycles. The van der Waals surface area contributed by atoms with E-state index in [1.54, 1.807) is 12.1 Å². The maximum absolute atomic E-state index is 13.1. The molecule has 0 aliphatic heterocycles. The van der Waals surface area contributed by atoms with Crippen LogP contribution in [0.4, 0.5) is 11.5 Å². The van der Waals surface area contributed by atoms with Gasteiger partial charge in [0.15, 0.2) is 15.5 Å². The first-order chi connectivity index (χ1) is 16.5. The summed E-state index contributed by atoms with van der Waals surface area (Å²) in [5, 5.41) is 5.67. The number of nitrogens with zero attached hydrogens (tertiary/aromatic N) is 3. The van der Waals surface area contributed by atoms with Gasteiger partial charge >= 0.3 is 0 Å². The van der Waals surface area contributed by atoms with E-state index >= 15 is 0 Å². The number of pyridine rings is 2. The van der Waals surface area contributed by atoms with Crippen molar-refractivity contribution in [2.24, 2.45) is 0 Å². The number of carbonyl (C=O) groups excluding carboxylic acids is 2. The Labute approximate surface area is 220 Å². The second-order valence-electron chi connectivity index (χ2n) is 7.75. The molecular formula is C23H25Cl2N5O5S. The predicted molar refractivity (Wildman–Crippen MR) is 140 cm³/mol. The number of rotatable bonds is 9. The third-order valence-electron chi connectivity index (χ3n) is 4.66. The number of amides is 2. The fraction of sp³-hybridized carbons (Fsp3) is 0.217. The quantitative estimate of drug-likeness (QED) is 0.412. The molecule has 192 valence electrons. The van der Waals surface area contributed by atoms with Crippen LogP contribution in [0.1, 0.15) is 20.8 Å². The minimum Gasteiger partial charge on any atom is -0.491 e. The van der Waals surface area contributed by atoms with Crippen LogP contribution in [0.5, 0.6) is 5.75 Å². The summed E-state index contributed by atoms with van der Waals surface area (Å²) in [6.45, 7) is 0.783. The highest BCUT2D eigenvalue weighted by Crippen LogP contribution is 2.25.